The lowest BCUT2D eigenvalue weighted by Crippen LogP contribution is -2.16. The van der Waals surface area contributed by atoms with Crippen molar-refractivity contribution in [3.05, 3.63) is 83.2 Å². The molecule has 0 aliphatic heterocycles. The second kappa shape index (κ2) is 8.68. The van der Waals surface area contributed by atoms with Crippen LogP contribution in [0.25, 0.3) is 10.2 Å². The van der Waals surface area contributed by atoms with Crippen LogP contribution in [0.5, 0.6) is 17.2 Å². The van der Waals surface area contributed by atoms with Gasteiger partial charge in [-0.25, -0.2) is 0 Å². The molecule has 1 amide bonds. The highest BCUT2D eigenvalue weighted by Crippen LogP contribution is 2.24. The molecule has 148 valence electrons. The lowest BCUT2D eigenvalue weighted by atomic mass is 10.2. The van der Waals surface area contributed by atoms with Crippen LogP contribution < -0.4 is 14.3 Å². The molecule has 1 aromatic heterocycles. The molecule has 6 heteroatoms. The predicted octanol–water partition coefficient (Wildman–Crippen LogP) is 4.88. The van der Waals surface area contributed by atoms with Crippen LogP contribution in [0.2, 0.25) is 0 Å². The molecule has 0 aliphatic carbocycles. The van der Waals surface area contributed by atoms with Crippen molar-refractivity contribution in [3.63, 3.8) is 0 Å². The number of carbonyl (C=O) groups excluding carboxylic acids is 1. The number of ether oxygens (including phenoxy) is 2. The van der Waals surface area contributed by atoms with Crippen molar-refractivity contribution >= 4 is 27.5 Å². The molecule has 4 rings (SSSR count). The molecule has 30 heavy (non-hydrogen) atoms. The Balaban J connectivity index is 1.70. The molecule has 1 heterocycles. The average Bonchev–Trinajstić information content (AvgIpc) is 3.11. The van der Waals surface area contributed by atoms with Crippen molar-refractivity contribution in [2.24, 2.45) is 4.99 Å². The zero-order chi connectivity index (χ0) is 20.9. The van der Waals surface area contributed by atoms with Gasteiger partial charge in [-0.3, -0.25) is 4.79 Å². The van der Waals surface area contributed by atoms with Gasteiger partial charge in [0.15, 0.2) is 4.80 Å². The van der Waals surface area contributed by atoms with E-state index in [-0.39, 0.29) is 5.91 Å². The van der Waals surface area contributed by atoms with E-state index in [0.717, 1.165) is 16.0 Å². The minimum atomic E-state index is -0.363. The molecule has 0 saturated carbocycles. The van der Waals surface area contributed by atoms with E-state index in [4.69, 9.17) is 15.9 Å². The minimum absolute atomic E-state index is 0.315. The molecule has 0 N–H and O–H groups in total. The maximum Gasteiger partial charge on any atom is 0.279 e. The summed E-state index contributed by atoms with van der Waals surface area (Å²) in [4.78, 5) is 17.7. The number of terminal acetylenes is 1. The summed E-state index contributed by atoms with van der Waals surface area (Å²) in [5.74, 6) is 4.27. The number of hydrogen-bond acceptors (Lipinski definition) is 4. The third-order valence-corrected chi connectivity index (χ3v) is 5.44. The summed E-state index contributed by atoms with van der Waals surface area (Å²) >= 11 is 1.39. The molecule has 0 unspecified atom stereocenters. The van der Waals surface area contributed by atoms with E-state index < -0.39 is 0 Å². The van der Waals surface area contributed by atoms with Crippen molar-refractivity contribution in [1.82, 2.24) is 4.57 Å². The van der Waals surface area contributed by atoms with Crippen LogP contribution in [-0.4, -0.2) is 17.6 Å². The van der Waals surface area contributed by atoms with Crippen molar-refractivity contribution < 1.29 is 14.3 Å². The molecule has 0 aliphatic rings. The van der Waals surface area contributed by atoms with Gasteiger partial charge in [-0.05, 0) is 48.5 Å². The number of para-hydroxylation sites is 1. The molecule has 3 aromatic carbocycles. The van der Waals surface area contributed by atoms with Crippen LogP contribution in [0.4, 0.5) is 0 Å². The third kappa shape index (κ3) is 4.12. The van der Waals surface area contributed by atoms with Crippen molar-refractivity contribution in [2.45, 2.75) is 6.54 Å². The predicted molar refractivity (Wildman–Crippen MR) is 118 cm³/mol. The zero-order valence-corrected chi connectivity index (χ0v) is 17.1. The Labute approximate surface area is 177 Å². The molecule has 0 spiro atoms. The topological polar surface area (TPSA) is 52.8 Å². The van der Waals surface area contributed by atoms with Gasteiger partial charge in [-0.2, -0.15) is 4.99 Å². The Bertz CT molecular complexity index is 1310. The highest BCUT2D eigenvalue weighted by molar-refractivity contribution is 7.16. The number of nitrogens with zero attached hydrogens (tertiary/aromatic N) is 2. The molecule has 0 radical (unpaired) electrons. The smallest absolute Gasteiger partial charge is 0.279 e. The van der Waals surface area contributed by atoms with Crippen LogP contribution in [0.15, 0.2) is 77.8 Å². The second-order valence-corrected chi connectivity index (χ2v) is 7.38. The summed E-state index contributed by atoms with van der Waals surface area (Å²) in [7, 11) is 1.61. The number of amides is 1. The van der Waals surface area contributed by atoms with Gasteiger partial charge < -0.3 is 14.0 Å². The summed E-state index contributed by atoms with van der Waals surface area (Å²) in [6.07, 6.45) is 5.54. The lowest BCUT2D eigenvalue weighted by molar-refractivity contribution is 0.0997. The first-order chi connectivity index (χ1) is 14.7. The van der Waals surface area contributed by atoms with Gasteiger partial charge in [0.2, 0.25) is 0 Å². The van der Waals surface area contributed by atoms with E-state index in [9.17, 15) is 4.79 Å². The Morgan fingerprint density at radius 3 is 2.60 bits per heavy atom. The van der Waals surface area contributed by atoms with Crippen molar-refractivity contribution in [3.8, 4) is 29.6 Å². The van der Waals surface area contributed by atoms with Crippen LogP contribution in [0.3, 0.4) is 0 Å². The number of carbonyl (C=O) groups is 1. The molecule has 4 aromatic rings. The fourth-order valence-corrected chi connectivity index (χ4v) is 4.03. The lowest BCUT2D eigenvalue weighted by Gasteiger charge is -2.06. The highest BCUT2D eigenvalue weighted by Gasteiger charge is 2.11. The number of thiazole rings is 1. The Hall–Kier alpha value is -3.82. The normalized spacial score (nSPS) is 11.3. The van der Waals surface area contributed by atoms with Gasteiger partial charge in [0, 0.05) is 5.56 Å². The standard InChI is InChI=1S/C24H18N2O3S/c1-3-14-26-21-13-12-19(28-2)16-22(21)30-24(26)25-23(27)17-8-7-11-20(15-17)29-18-9-5-4-6-10-18/h1,4-13,15-16H,14H2,2H3. The van der Waals surface area contributed by atoms with Crippen molar-refractivity contribution in [2.75, 3.05) is 7.11 Å². The van der Waals surface area contributed by atoms with E-state index in [0.29, 0.717) is 28.4 Å². The molecule has 0 bridgehead atoms. The van der Waals surface area contributed by atoms with Gasteiger partial charge in [-0.1, -0.05) is 41.5 Å². The van der Waals surface area contributed by atoms with E-state index in [2.05, 4.69) is 10.9 Å². The molecular weight excluding hydrogens is 396 g/mol. The third-order valence-electron chi connectivity index (χ3n) is 4.40. The summed E-state index contributed by atoms with van der Waals surface area (Å²) in [6.45, 7) is 0.315. The Morgan fingerprint density at radius 1 is 1.03 bits per heavy atom. The van der Waals surface area contributed by atoms with Crippen LogP contribution in [0.1, 0.15) is 10.4 Å². The fourth-order valence-electron chi connectivity index (χ4n) is 2.98. The van der Waals surface area contributed by atoms with Gasteiger partial charge in [0.1, 0.15) is 17.2 Å². The zero-order valence-electron chi connectivity index (χ0n) is 16.2. The van der Waals surface area contributed by atoms with E-state index in [1.807, 2.05) is 53.1 Å². The minimum Gasteiger partial charge on any atom is -0.497 e. The van der Waals surface area contributed by atoms with E-state index in [1.165, 1.54) is 11.3 Å². The van der Waals surface area contributed by atoms with Gasteiger partial charge in [0.25, 0.3) is 5.91 Å². The number of methoxy groups -OCH3 is 1. The second-order valence-electron chi connectivity index (χ2n) is 6.37. The average molecular weight is 414 g/mol. The molecule has 0 fully saturated rings. The fraction of sp³-hybridized carbons (Fsp3) is 0.0833. The van der Waals surface area contributed by atoms with Gasteiger partial charge >= 0.3 is 0 Å². The van der Waals surface area contributed by atoms with Gasteiger partial charge in [-0.15, -0.1) is 6.42 Å². The van der Waals surface area contributed by atoms with Crippen LogP contribution in [0, 0.1) is 12.3 Å². The number of hydrogen-bond donors (Lipinski definition) is 0. The summed E-state index contributed by atoms with van der Waals surface area (Å²) in [6, 6.07) is 22.0. The number of fused-ring (bicyclic) bond motifs is 1. The van der Waals surface area contributed by atoms with E-state index in [1.54, 1.807) is 31.4 Å². The largest absolute Gasteiger partial charge is 0.497 e. The van der Waals surface area contributed by atoms with Gasteiger partial charge in [0.05, 0.1) is 23.9 Å². The van der Waals surface area contributed by atoms with Crippen LogP contribution >= 0.6 is 11.3 Å². The quantitative estimate of drug-likeness (QED) is 0.438. The van der Waals surface area contributed by atoms with Crippen LogP contribution in [-0.2, 0) is 6.54 Å². The first-order valence-corrected chi connectivity index (χ1v) is 10.0. The maximum atomic E-state index is 12.9. The number of rotatable bonds is 5. The molecule has 0 saturated heterocycles. The van der Waals surface area contributed by atoms with Crippen molar-refractivity contribution in [1.29, 1.82) is 0 Å². The molecule has 0 atom stereocenters. The molecule has 5 nitrogen and oxygen atoms in total. The number of aromatic nitrogens is 1. The first kappa shape index (κ1) is 19.5. The van der Waals surface area contributed by atoms with E-state index >= 15 is 0 Å². The molecular formula is C24H18N2O3S. The first-order valence-electron chi connectivity index (χ1n) is 9.21. The Morgan fingerprint density at radius 2 is 1.83 bits per heavy atom. The SMILES string of the molecule is C#CCn1c(=NC(=O)c2cccc(Oc3ccccc3)c2)sc2cc(OC)ccc21. The monoisotopic (exact) mass is 414 g/mol. The maximum absolute atomic E-state index is 12.9. The Kier molecular flexibility index (Phi) is 5.64. The summed E-state index contributed by atoms with van der Waals surface area (Å²) in [5.41, 5.74) is 1.34. The summed E-state index contributed by atoms with van der Waals surface area (Å²) < 4.78 is 13.9. The highest BCUT2D eigenvalue weighted by atomic mass is 32.1. The summed E-state index contributed by atoms with van der Waals surface area (Å²) in [5, 5.41) is 0. The number of benzene rings is 3.